The summed E-state index contributed by atoms with van der Waals surface area (Å²) >= 11 is 0. The quantitative estimate of drug-likeness (QED) is 0.0261. The molecule has 0 aliphatic rings. The van der Waals surface area contributed by atoms with Crippen molar-refractivity contribution in [3.8, 4) is 0 Å². The summed E-state index contributed by atoms with van der Waals surface area (Å²) in [5.41, 5.74) is 0. The van der Waals surface area contributed by atoms with E-state index in [9.17, 15) is 14.4 Å². The lowest BCUT2D eigenvalue weighted by molar-refractivity contribution is -0.167. The van der Waals surface area contributed by atoms with Crippen molar-refractivity contribution in [1.82, 2.24) is 0 Å². The highest BCUT2D eigenvalue weighted by Gasteiger charge is 2.19. The molecule has 0 saturated heterocycles. The van der Waals surface area contributed by atoms with E-state index in [-0.39, 0.29) is 31.1 Å². The van der Waals surface area contributed by atoms with Crippen molar-refractivity contribution < 1.29 is 28.6 Å². The Hall–Kier alpha value is -3.15. The molecule has 0 aromatic heterocycles. The fraction of sp³-hybridized carbons (Fsp3) is 0.792. The van der Waals surface area contributed by atoms with Gasteiger partial charge in [-0.1, -0.05) is 312 Å². The number of esters is 3. The van der Waals surface area contributed by atoms with Crippen molar-refractivity contribution >= 4 is 17.9 Å². The van der Waals surface area contributed by atoms with Gasteiger partial charge in [0.15, 0.2) is 6.10 Å². The predicted molar refractivity (Wildman–Crippen MR) is 339 cm³/mol. The number of hydrogen-bond donors (Lipinski definition) is 0. The van der Waals surface area contributed by atoms with Gasteiger partial charge < -0.3 is 14.2 Å². The van der Waals surface area contributed by atoms with Crippen LogP contribution >= 0.6 is 0 Å². The topological polar surface area (TPSA) is 78.9 Å². The average molecular weight is 1090 g/mol. The summed E-state index contributed by atoms with van der Waals surface area (Å²) in [5, 5.41) is 0. The van der Waals surface area contributed by atoms with Gasteiger partial charge in [-0.05, 0) is 89.9 Å². The first-order valence-corrected chi connectivity index (χ1v) is 33.9. The summed E-state index contributed by atoms with van der Waals surface area (Å²) in [7, 11) is 0. The maximum absolute atomic E-state index is 12.9. The van der Waals surface area contributed by atoms with E-state index in [4.69, 9.17) is 14.2 Å². The van der Waals surface area contributed by atoms with Crippen molar-refractivity contribution in [2.45, 2.75) is 354 Å². The number of allylic oxidation sites excluding steroid dienone is 12. The molecule has 0 amide bonds. The molecule has 452 valence electrons. The molecule has 0 N–H and O–H groups in total. The second-order valence-electron chi connectivity index (χ2n) is 22.7. The summed E-state index contributed by atoms with van der Waals surface area (Å²) in [6.07, 6.45) is 86.4. The third kappa shape index (κ3) is 63.7. The lowest BCUT2D eigenvalue weighted by atomic mass is 10.0. The number of unbranched alkanes of at least 4 members (excludes halogenated alkanes) is 39. The SMILES string of the molecule is CC/C=C\C/C=C\C/C=C\CCCCCCCC(=O)OCC(COC(=O)CCCCCCCCCCCCCCCC/C=C\C/C=C\C/C=C\CCCCCCC)OC(=O)CCCCCCCCCCCCCCCCCC. The van der Waals surface area contributed by atoms with E-state index in [0.29, 0.717) is 19.3 Å². The highest BCUT2D eigenvalue weighted by atomic mass is 16.6. The van der Waals surface area contributed by atoms with Gasteiger partial charge in [0.25, 0.3) is 0 Å². The van der Waals surface area contributed by atoms with Crippen molar-refractivity contribution in [2.24, 2.45) is 0 Å². The molecule has 0 aliphatic carbocycles. The summed E-state index contributed by atoms with van der Waals surface area (Å²) in [4.78, 5) is 38.4. The molecule has 0 fully saturated rings. The number of carbonyl (C=O) groups excluding carboxylic acids is 3. The molecule has 0 rings (SSSR count). The highest BCUT2D eigenvalue weighted by molar-refractivity contribution is 5.71. The van der Waals surface area contributed by atoms with Crippen LogP contribution in [0.4, 0.5) is 0 Å². The van der Waals surface area contributed by atoms with E-state index in [1.807, 2.05) is 0 Å². The van der Waals surface area contributed by atoms with E-state index < -0.39 is 6.10 Å². The molecular weight excluding hydrogens is 961 g/mol. The van der Waals surface area contributed by atoms with E-state index in [1.54, 1.807) is 0 Å². The second-order valence-corrected chi connectivity index (χ2v) is 22.7. The lowest BCUT2D eigenvalue weighted by Crippen LogP contribution is -2.30. The Balaban J connectivity index is 4.24. The van der Waals surface area contributed by atoms with E-state index >= 15 is 0 Å². The molecule has 1 unspecified atom stereocenters. The summed E-state index contributed by atoms with van der Waals surface area (Å²) in [5.74, 6) is -0.876. The van der Waals surface area contributed by atoms with Gasteiger partial charge in [0, 0.05) is 19.3 Å². The first-order chi connectivity index (χ1) is 38.5. The normalized spacial score (nSPS) is 12.5. The van der Waals surface area contributed by atoms with Gasteiger partial charge in [0.05, 0.1) is 0 Å². The monoisotopic (exact) mass is 1090 g/mol. The second kappa shape index (κ2) is 66.4. The largest absolute Gasteiger partial charge is 0.462 e. The number of rotatable bonds is 62. The third-order valence-electron chi connectivity index (χ3n) is 14.9. The van der Waals surface area contributed by atoms with Crippen LogP contribution in [0.1, 0.15) is 348 Å². The molecule has 6 nitrogen and oxygen atoms in total. The Morgan fingerprint density at radius 2 is 0.500 bits per heavy atom. The van der Waals surface area contributed by atoms with Crippen molar-refractivity contribution in [3.63, 3.8) is 0 Å². The molecule has 6 heteroatoms. The highest BCUT2D eigenvalue weighted by Crippen LogP contribution is 2.17. The molecule has 0 aromatic carbocycles. The Morgan fingerprint density at radius 1 is 0.269 bits per heavy atom. The number of ether oxygens (including phenoxy) is 3. The van der Waals surface area contributed by atoms with Crippen LogP contribution in [0.3, 0.4) is 0 Å². The Kier molecular flexibility index (Phi) is 63.7. The maximum Gasteiger partial charge on any atom is 0.306 e. The summed E-state index contributed by atoms with van der Waals surface area (Å²) < 4.78 is 16.9. The Labute approximate surface area is 484 Å². The van der Waals surface area contributed by atoms with Crippen molar-refractivity contribution in [3.05, 3.63) is 72.9 Å². The van der Waals surface area contributed by atoms with Crippen LogP contribution in [0.2, 0.25) is 0 Å². The average Bonchev–Trinajstić information content (AvgIpc) is 3.44. The Morgan fingerprint density at radius 3 is 0.782 bits per heavy atom. The number of hydrogen-bond acceptors (Lipinski definition) is 6. The molecule has 0 aromatic rings. The molecule has 0 heterocycles. The van der Waals surface area contributed by atoms with Crippen LogP contribution in [0, 0.1) is 0 Å². The molecule has 0 radical (unpaired) electrons. The first kappa shape index (κ1) is 74.8. The molecular formula is C72H128O6. The zero-order chi connectivity index (χ0) is 56.4. The zero-order valence-corrected chi connectivity index (χ0v) is 51.9. The van der Waals surface area contributed by atoms with Crippen LogP contribution in [0.5, 0.6) is 0 Å². The van der Waals surface area contributed by atoms with Crippen LogP contribution in [-0.2, 0) is 28.6 Å². The van der Waals surface area contributed by atoms with Crippen LogP contribution in [0.15, 0.2) is 72.9 Å². The molecule has 0 saturated carbocycles. The van der Waals surface area contributed by atoms with E-state index in [2.05, 4.69) is 93.7 Å². The fourth-order valence-corrected chi connectivity index (χ4v) is 9.88. The summed E-state index contributed by atoms with van der Waals surface area (Å²) in [6, 6.07) is 0. The molecule has 78 heavy (non-hydrogen) atoms. The van der Waals surface area contributed by atoms with Gasteiger partial charge in [-0.25, -0.2) is 0 Å². The minimum atomic E-state index is -0.782. The third-order valence-corrected chi connectivity index (χ3v) is 14.9. The van der Waals surface area contributed by atoms with Gasteiger partial charge in [0.1, 0.15) is 13.2 Å². The minimum absolute atomic E-state index is 0.0776. The lowest BCUT2D eigenvalue weighted by Gasteiger charge is -2.18. The Bertz CT molecular complexity index is 1440. The standard InChI is InChI=1S/C72H128O6/c1-4-7-10-13-16-19-22-25-28-30-31-32-33-34-35-36-37-38-39-40-41-42-45-47-50-53-56-59-62-65-71(74)77-68-69(67-76-70(73)64-61-58-55-52-49-46-43-27-24-21-18-15-12-9-6-3)78-72(75)66-63-60-57-54-51-48-44-29-26-23-20-17-14-11-8-5-2/h9,12,18,21-22,25,27,30-31,33-34,43,69H,4-8,10-11,13-17,19-20,23-24,26,28-29,32,35-42,44-68H2,1-3H3/b12-9-,21-18-,25-22-,31-30-,34-33-,43-27-. The van der Waals surface area contributed by atoms with Gasteiger partial charge in [-0.3, -0.25) is 14.4 Å². The van der Waals surface area contributed by atoms with Gasteiger partial charge >= 0.3 is 17.9 Å². The van der Waals surface area contributed by atoms with Crippen LogP contribution in [0.25, 0.3) is 0 Å². The zero-order valence-electron chi connectivity index (χ0n) is 51.9. The minimum Gasteiger partial charge on any atom is -0.462 e. The van der Waals surface area contributed by atoms with Crippen LogP contribution < -0.4 is 0 Å². The molecule has 0 aliphatic heterocycles. The predicted octanol–water partition coefficient (Wildman–Crippen LogP) is 23.3. The van der Waals surface area contributed by atoms with Gasteiger partial charge in [-0.2, -0.15) is 0 Å². The fourth-order valence-electron chi connectivity index (χ4n) is 9.88. The van der Waals surface area contributed by atoms with Crippen molar-refractivity contribution in [2.75, 3.05) is 13.2 Å². The maximum atomic E-state index is 12.9. The van der Waals surface area contributed by atoms with Gasteiger partial charge in [0.2, 0.25) is 0 Å². The molecule has 0 bridgehead atoms. The van der Waals surface area contributed by atoms with Crippen LogP contribution in [-0.4, -0.2) is 37.2 Å². The smallest absolute Gasteiger partial charge is 0.306 e. The van der Waals surface area contributed by atoms with Crippen molar-refractivity contribution in [1.29, 1.82) is 0 Å². The molecule has 0 spiro atoms. The van der Waals surface area contributed by atoms with Gasteiger partial charge in [-0.15, -0.1) is 0 Å². The van der Waals surface area contributed by atoms with E-state index in [0.717, 1.165) is 109 Å². The summed E-state index contributed by atoms with van der Waals surface area (Å²) in [6.45, 7) is 6.55. The first-order valence-electron chi connectivity index (χ1n) is 33.9. The number of carbonyl (C=O) groups is 3. The van der Waals surface area contributed by atoms with E-state index in [1.165, 1.54) is 199 Å². The molecule has 1 atom stereocenters.